The topological polar surface area (TPSA) is 35.2 Å². The van der Waals surface area contributed by atoms with E-state index in [9.17, 15) is 0 Å². The van der Waals surface area contributed by atoms with Crippen molar-refractivity contribution in [2.45, 2.75) is 32.7 Å². The van der Waals surface area contributed by atoms with E-state index in [1.807, 2.05) is 43.3 Å². The molecule has 0 fully saturated rings. The molecule has 0 aromatic heterocycles. The van der Waals surface area contributed by atoms with Crippen LogP contribution in [0.2, 0.25) is 10.0 Å². The van der Waals surface area contributed by atoms with Crippen LogP contribution in [-0.2, 0) is 6.42 Å². The van der Waals surface area contributed by atoms with Crippen molar-refractivity contribution in [2.75, 3.05) is 0 Å². The maximum Gasteiger partial charge on any atom is 0.146 e. The minimum Gasteiger partial charge on any atom is -0.454 e. The van der Waals surface area contributed by atoms with Gasteiger partial charge in [-0.2, -0.15) is 0 Å². The summed E-state index contributed by atoms with van der Waals surface area (Å²) >= 11 is 12.4. The van der Waals surface area contributed by atoms with Gasteiger partial charge in [-0.25, -0.2) is 0 Å². The molecule has 0 heterocycles. The van der Waals surface area contributed by atoms with Crippen molar-refractivity contribution in [1.29, 1.82) is 0 Å². The van der Waals surface area contributed by atoms with Crippen LogP contribution in [0.1, 0.15) is 24.5 Å². The third-order valence-electron chi connectivity index (χ3n) is 3.33. The van der Waals surface area contributed by atoms with Gasteiger partial charge in [0.1, 0.15) is 11.5 Å². The standard InChI is InChI=1S/C17H19Cl2NO/c1-3-13(20)9-12-5-7-17(15(19)10-12)21-16-6-4-11(2)8-14(16)18/h4-8,10,13H,3,9,20H2,1-2H3. The van der Waals surface area contributed by atoms with Crippen molar-refractivity contribution in [3.8, 4) is 11.5 Å². The summed E-state index contributed by atoms with van der Waals surface area (Å²) in [4.78, 5) is 0. The molecule has 0 saturated carbocycles. The number of hydrogen-bond acceptors (Lipinski definition) is 2. The molecule has 1 unspecified atom stereocenters. The number of nitrogens with two attached hydrogens (primary N) is 1. The second kappa shape index (κ2) is 7.17. The van der Waals surface area contributed by atoms with Crippen LogP contribution in [0.5, 0.6) is 11.5 Å². The van der Waals surface area contributed by atoms with Crippen molar-refractivity contribution in [1.82, 2.24) is 0 Å². The highest BCUT2D eigenvalue weighted by atomic mass is 35.5. The van der Waals surface area contributed by atoms with Crippen LogP contribution >= 0.6 is 23.2 Å². The zero-order valence-electron chi connectivity index (χ0n) is 12.2. The van der Waals surface area contributed by atoms with Crippen LogP contribution in [0.15, 0.2) is 36.4 Å². The van der Waals surface area contributed by atoms with E-state index in [1.54, 1.807) is 0 Å². The van der Waals surface area contributed by atoms with Gasteiger partial charge in [-0.05, 0) is 55.2 Å². The van der Waals surface area contributed by atoms with E-state index >= 15 is 0 Å². The van der Waals surface area contributed by atoms with E-state index in [2.05, 4.69) is 6.92 Å². The van der Waals surface area contributed by atoms with E-state index in [-0.39, 0.29) is 6.04 Å². The first-order valence-electron chi connectivity index (χ1n) is 6.97. The molecular formula is C17H19Cl2NO. The summed E-state index contributed by atoms with van der Waals surface area (Å²) in [7, 11) is 0. The first-order chi connectivity index (χ1) is 9.99. The molecule has 0 aliphatic rings. The summed E-state index contributed by atoms with van der Waals surface area (Å²) < 4.78 is 5.79. The van der Waals surface area contributed by atoms with Gasteiger partial charge in [-0.3, -0.25) is 0 Å². The Morgan fingerprint density at radius 2 is 1.67 bits per heavy atom. The molecule has 4 heteroatoms. The second-order valence-electron chi connectivity index (χ2n) is 5.17. The number of ether oxygens (including phenoxy) is 1. The van der Waals surface area contributed by atoms with Crippen molar-refractivity contribution < 1.29 is 4.74 Å². The molecule has 0 aliphatic carbocycles. The quantitative estimate of drug-likeness (QED) is 0.802. The summed E-state index contributed by atoms with van der Waals surface area (Å²) in [5, 5.41) is 1.13. The lowest BCUT2D eigenvalue weighted by Gasteiger charge is -2.12. The van der Waals surface area contributed by atoms with E-state index in [1.165, 1.54) is 0 Å². The maximum atomic E-state index is 6.28. The Labute approximate surface area is 135 Å². The lowest BCUT2D eigenvalue weighted by atomic mass is 10.0. The zero-order chi connectivity index (χ0) is 15.4. The summed E-state index contributed by atoms with van der Waals surface area (Å²) in [6.07, 6.45) is 1.75. The van der Waals surface area contributed by atoms with Crippen molar-refractivity contribution in [3.05, 3.63) is 57.6 Å². The highest BCUT2D eigenvalue weighted by molar-refractivity contribution is 6.33. The van der Waals surface area contributed by atoms with E-state index in [4.69, 9.17) is 33.7 Å². The minimum atomic E-state index is 0.152. The molecule has 2 aromatic rings. The van der Waals surface area contributed by atoms with E-state index in [0.29, 0.717) is 21.5 Å². The Kier molecular flexibility index (Phi) is 5.51. The van der Waals surface area contributed by atoms with Crippen molar-refractivity contribution >= 4 is 23.2 Å². The molecule has 0 amide bonds. The van der Waals surface area contributed by atoms with Crippen molar-refractivity contribution in [2.24, 2.45) is 5.73 Å². The van der Waals surface area contributed by atoms with Gasteiger partial charge < -0.3 is 10.5 Å². The molecule has 2 nitrogen and oxygen atoms in total. The van der Waals surface area contributed by atoms with Gasteiger partial charge in [-0.1, -0.05) is 42.3 Å². The average molecular weight is 324 g/mol. The Balaban J connectivity index is 2.17. The third-order valence-corrected chi connectivity index (χ3v) is 3.92. The fourth-order valence-electron chi connectivity index (χ4n) is 2.01. The van der Waals surface area contributed by atoms with Gasteiger partial charge in [0, 0.05) is 6.04 Å². The Bertz CT molecular complexity index is 628. The predicted octanol–water partition coefficient (Wildman–Crippen LogP) is 5.37. The number of aryl methyl sites for hydroxylation is 1. The SMILES string of the molecule is CCC(N)Cc1ccc(Oc2ccc(C)cc2Cl)c(Cl)c1. The zero-order valence-corrected chi connectivity index (χ0v) is 13.7. The van der Waals surface area contributed by atoms with Crippen LogP contribution in [0.25, 0.3) is 0 Å². The van der Waals surface area contributed by atoms with Crippen LogP contribution in [0, 0.1) is 6.92 Å². The second-order valence-corrected chi connectivity index (χ2v) is 5.99. The molecule has 2 rings (SSSR count). The Morgan fingerprint density at radius 1 is 1.05 bits per heavy atom. The molecule has 2 aromatic carbocycles. The highest BCUT2D eigenvalue weighted by Gasteiger charge is 2.09. The van der Waals surface area contributed by atoms with Crippen LogP contribution < -0.4 is 10.5 Å². The maximum absolute atomic E-state index is 6.28. The lowest BCUT2D eigenvalue weighted by molar-refractivity contribution is 0.482. The Morgan fingerprint density at radius 3 is 2.24 bits per heavy atom. The fraction of sp³-hybridized carbons (Fsp3) is 0.294. The molecular weight excluding hydrogens is 305 g/mol. The van der Waals surface area contributed by atoms with Crippen LogP contribution in [0.4, 0.5) is 0 Å². The summed E-state index contributed by atoms with van der Waals surface area (Å²) in [6.45, 7) is 4.05. The molecule has 112 valence electrons. The molecule has 0 spiro atoms. The third kappa shape index (κ3) is 4.37. The number of rotatable bonds is 5. The lowest BCUT2D eigenvalue weighted by Crippen LogP contribution is -2.21. The summed E-state index contributed by atoms with van der Waals surface area (Å²) in [6, 6.07) is 11.5. The summed E-state index contributed by atoms with van der Waals surface area (Å²) in [5.74, 6) is 1.19. The first-order valence-corrected chi connectivity index (χ1v) is 7.73. The van der Waals surface area contributed by atoms with Crippen molar-refractivity contribution in [3.63, 3.8) is 0 Å². The van der Waals surface area contributed by atoms with E-state index in [0.717, 1.165) is 24.0 Å². The normalized spacial score (nSPS) is 12.2. The molecule has 1 atom stereocenters. The van der Waals surface area contributed by atoms with Crippen LogP contribution in [-0.4, -0.2) is 6.04 Å². The number of halogens is 2. The molecule has 0 bridgehead atoms. The fourth-order valence-corrected chi connectivity index (χ4v) is 2.52. The monoisotopic (exact) mass is 323 g/mol. The van der Waals surface area contributed by atoms with Gasteiger partial charge in [0.25, 0.3) is 0 Å². The van der Waals surface area contributed by atoms with Gasteiger partial charge in [0.15, 0.2) is 0 Å². The number of hydrogen-bond donors (Lipinski definition) is 1. The molecule has 0 saturated heterocycles. The van der Waals surface area contributed by atoms with E-state index < -0.39 is 0 Å². The molecule has 2 N–H and O–H groups in total. The average Bonchev–Trinajstić information content (AvgIpc) is 2.44. The molecule has 0 aliphatic heterocycles. The smallest absolute Gasteiger partial charge is 0.146 e. The molecule has 21 heavy (non-hydrogen) atoms. The minimum absolute atomic E-state index is 0.152. The van der Waals surface area contributed by atoms with Gasteiger partial charge in [0.05, 0.1) is 10.0 Å². The van der Waals surface area contributed by atoms with Gasteiger partial charge >= 0.3 is 0 Å². The van der Waals surface area contributed by atoms with Gasteiger partial charge in [0.2, 0.25) is 0 Å². The largest absolute Gasteiger partial charge is 0.454 e. The number of benzene rings is 2. The first kappa shape index (κ1) is 16.2. The molecule has 0 radical (unpaired) electrons. The van der Waals surface area contributed by atoms with Gasteiger partial charge in [-0.15, -0.1) is 0 Å². The Hall–Kier alpha value is -1.22. The highest BCUT2D eigenvalue weighted by Crippen LogP contribution is 2.34. The summed E-state index contributed by atoms with van der Waals surface area (Å²) in [5.41, 5.74) is 8.15. The predicted molar refractivity (Wildman–Crippen MR) is 89.7 cm³/mol. The van der Waals surface area contributed by atoms with Crippen LogP contribution in [0.3, 0.4) is 0 Å².